The molecule has 58 heavy (non-hydrogen) atoms. The van der Waals surface area contributed by atoms with Crippen LogP contribution in [0.15, 0.2) is 194 Å². The number of fused-ring (bicyclic) bond motifs is 10. The van der Waals surface area contributed by atoms with Crippen LogP contribution in [0.1, 0.15) is 0 Å². The number of nitrogens with zero attached hydrogens (tertiary/aromatic N) is 4. The van der Waals surface area contributed by atoms with Gasteiger partial charge in [0.25, 0.3) is 0 Å². The molecule has 0 N–H and O–H groups in total. The van der Waals surface area contributed by atoms with E-state index in [9.17, 15) is 0 Å². The van der Waals surface area contributed by atoms with Crippen molar-refractivity contribution in [3.05, 3.63) is 194 Å². The first-order valence-electron chi connectivity index (χ1n) is 19.5. The van der Waals surface area contributed by atoms with Crippen molar-refractivity contribution in [2.45, 2.75) is 0 Å². The highest BCUT2D eigenvalue weighted by Gasteiger charge is 2.19. The number of pyridine rings is 1. The first-order valence-corrected chi connectivity index (χ1v) is 20.3. The molecule has 270 valence electrons. The van der Waals surface area contributed by atoms with E-state index in [1.165, 1.54) is 52.8 Å². The van der Waals surface area contributed by atoms with Crippen LogP contribution in [-0.2, 0) is 0 Å². The molecule has 0 spiro atoms. The molecule has 0 amide bonds. The van der Waals surface area contributed by atoms with Gasteiger partial charge in [0.2, 0.25) is 0 Å². The summed E-state index contributed by atoms with van der Waals surface area (Å²) in [5, 5.41) is 8.43. The molecule has 12 rings (SSSR count). The molecular formula is C53H32N4S. The summed E-state index contributed by atoms with van der Waals surface area (Å²) in [5.74, 6) is 0.669. The second-order valence-corrected chi connectivity index (χ2v) is 15.8. The second-order valence-electron chi connectivity index (χ2n) is 14.8. The Morgan fingerprint density at radius 3 is 1.76 bits per heavy atom. The summed E-state index contributed by atoms with van der Waals surface area (Å²) >= 11 is 1.84. The molecule has 0 fully saturated rings. The van der Waals surface area contributed by atoms with Crippen LogP contribution >= 0.6 is 11.3 Å². The van der Waals surface area contributed by atoms with E-state index in [1.54, 1.807) is 0 Å². The fourth-order valence-electron chi connectivity index (χ4n) is 8.67. The Kier molecular flexibility index (Phi) is 7.37. The Bertz CT molecular complexity index is 3510. The van der Waals surface area contributed by atoms with Crippen molar-refractivity contribution in [3.8, 4) is 50.8 Å². The van der Waals surface area contributed by atoms with E-state index in [2.05, 4.69) is 193 Å². The molecule has 0 saturated heterocycles. The Balaban J connectivity index is 1.03. The number of aromatic nitrogens is 4. The third-order valence-corrected chi connectivity index (χ3v) is 12.6. The van der Waals surface area contributed by atoms with Crippen LogP contribution in [0, 0.1) is 0 Å². The number of thiophene rings is 1. The maximum atomic E-state index is 5.52. The smallest absolute Gasteiger partial charge is 0.160 e. The zero-order valence-electron chi connectivity index (χ0n) is 31.2. The van der Waals surface area contributed by atoms with Crippen molar-refractivity contribution in [2.75, 3.05) is 0 Å². The lowest BCUT2D eigenvalue weighted by Crippen LogP contribution is -1.97. The van der Waals surface area contributed by atoms with Gasteiger partial charge in [0.1, 0.15) is 0 Å². The maximum Gasteiger partial charge on any atom is 0.160 e. The molecule has 0 aliphatic heterocycles. The minimum absolute atomic E-state index is 0.669. The van der Waals surface area contributed by atoms with E-state index in [-0.39, 0.29) is 0 Å². The molecule has 0 saturated carbocycles. The highest BCUT2D eigenvalue weighted by molar-refractivity contribution is 7.26. The third kappa shape index (κ3) is 5.18. The van der Waals surface area contributed by atoms with Gasteiger partial charge in [-0.25, -0.2) is 15.0 Å². The van der Waals surface area contributed by atoms with Crippen molar-refractivity contribution in [2.24, 2.45) is 0 Å². The summed E-state index contributed by atoms with van der Waals surface area (Å²) in [4.78, 5) is 16.0. The third-order valence-electron chi connectivity index (χ3n) is 11.4. The van der Waals surface area contributed by atoms with Crippen LogP contribution in [0.2, 0.25) is 0 Å². The molecule has 0 aliphatic rings. The monoisotopic (exact) mass is 756 g/mol. The molecule has 0 radical (unpaired) electrons. The van der Waals surface area contributed by atoms with E-state index in [1.807, 2.05) is 17.4 Å². The van der Waals surface area contributed by atoms with Crippen LogP contribution in [-0.4, -0.2) is 19.5 Å². The van der Waals surface area contributed by atoms with Gasteiger partial charge >= 0.3 is 0 Å². The largest absolute Gasteiger partial charge is 0.309 e. The standard InChI is InChI=1S/C53H32N4S/c1-2-14-34(15-3-1)44-32-45(35-25-28-38(29-26-35)57-46-22-9-6-19-40(46)41-20-7-10-23-47(41)57)55-53(54-44)37-17-12-16-36(31-37)50-49-42-21-8-11-24-48(42)58-52(49)43-30-27-33-13-4-5-18-39(33)51(43)56-50/h1-32H. The predicted molar refractivity (Wildman–Crippen MR) is 244 cm³/mol. The van der Waals surface area contributed by atoms with Crippen molar-refractivity contribution in [1.82, 2.24) is 19.5 Å². The summed E-state index contributed by atoms with van der Waals surface area (Å²) in [5.41, 5.74) is 11.2. The minimum atomic E-state index is 0.669. The average Bonchev–Trinajstić information content (AvgIpc) is 3.86. The van der Waals surface area contributed by atoms with E-state index in [0.29, 0.717) is 5.82 Å². The Labute approximate surface area is 338 Å². The normalized spacial score (nSPS) is 11.8. The van der Waals surface area contributed by atoms with Crippen molar-refractivity contribution < 1.29 is 0 Å². The van der Waals surface area contributed by atoms with Crippen LogP contribution < -0.4 is 0 Å². The van der Waals surface area contributed by atoms with E-state index >= 15 is 0 Å². The average molecular weight is 757 g/mol. The lowest BCUT2D eigenvalue weighted by Gasteiger charge is -2.13. The molecular weight excluding hydrogens is 725 g/mol. The lowest BCUT2D eigenvalue weighted by molar-refractivity contribution is 1.17. The van der Waals surface area contributed by atoms with Crippen LogP contribution in [0.25, 0.3) is 115 Å². The molecule has 4 heterocycles. The first kappa shape index (κ1) is 32.7. The number of hydrogen-bond acceptors (Lipinski definition) is 4. The molecule has 4 aromatic heterocycles. The molecule has 8 aromatic carbocycles. The molecule has 0 unspecified atom stereocenters. The summed E-state index contributed by atoms with van der Waals surface area (Å²) in [6.45, 7) is 0. The number of rotatable bonds is 5. The molecule has 0 aliphatic carbocycles. The Hall–Kier alpha value is -7.47. The van der Waals surface area contributed by atoms with E-state index < -0.39 is 0 Å². The fraction of sp³-hybridized carbons (Fsp3) is 0. The van der Waals surface area contributed by atoms with Crippen molar-refractivity contribution in [3.63, 3.8) is 0 Å². The SMILES string of the molecule is c1ccc(-c2cc(-c3ccc(-n4c5ccccc5c5ccccc54)cc3)nc(-c3cccc(-c4nc5c6ccccc6ccc5c5sc6ccccc6c45)c3)n2)cc1. The summed E-state index contributed by atoms with van der Waals surface area (Å²) in [6.07, 6.45) is 0. The van der Waals surface area contributed by atoms with Crippen molar-refractivity contribution >= 4 is 75.0 Å². The van der Waals surface area contributed by atoms with Gasteiger partial charge in [0, 0.05) is 69.7 Å². The minimum Gasteiger partial charge on any atom is -0.309 e. The van der Waals surface area contributed by atoms with Gasteiger partial charge in [-0.15, -0.1) is 11.3 Å². The quantitative estimate of drug-likeness (QED) is 0.164. The van der Waals surface area contributed by atoms with Gasteiger partial charge in [0.15, 0.2) is 5.82 Å². The zero-order chi connectivity index (χ0) is 38.2. The lowest BCUT2D eigenvalue weighted by atomic mass is 9.99. The zero-order valence-corrected chi connectivity index (χ0v) is 32.0. The fourth-order valence-corrected chi connectivity index (χ4v) is 9.90. The maximum absolute atomic E-state index is 5.52. The summed E-state index contributed by atoms with van der Waals surface area (Å²) < 4.78 is 4.86. The van der Waals surface area contributed by atoms with Gasteiger partial charge in [0.05, 0.1) is 33.6 Å². The Morgan fingerprint density at radius 2 is 1.00 bits per heavy atom. The van der Waals surface area contributed by atoms with Gasteiger partial charge in [-0.1, -0.05) is 152 Å². The highest BCUT2D eigenvalue weighted by atomic mass is 32.1. The van der Waals surface area contributed by atoms with Crippen LogP contribution in [0.3, 0.4) is 0 Å². The van der Waals surface area contributed by atoms with Crippen LogP contribution in [0.4, 0.5) is 0 Å². The molecule has 12 aromatic rings. The second kappa shape index (κ2) is 13.1. The topological polar surface area (TPSA) is 43.6 Å². The Morgan fingerprint density at radius 1 is 0.397 bits per heavy atom. The number of para-hydroxylation sites is 2. The molecule has 0 atom stereocenters. The number of benzene rings is 8. The van der Waals surface area contributed by atoms with Gasteiger partial charge < -0.3 is 4.57 Å². The summed E-state index contributed by atoms with van der Waals surface area (Å²) in [6, 6.07) is 68.8. The highest BCUT2D eigenvalue weighted by Crippen LogP contribution is 2.44. The van der Waals surface area contributed by atoms with Gasteiger partial charge in [-0.05, 0) is 47.9 Å². The summed E-state index contributed by atoms with van der Waals surface area (Å²) in [7, 11) is 0. The first-order chi connectivity index (χ1) is 28.7. The van der Waals surface area contributed by atoms with Crippen LogP contribution in [0.5, 0.6) is 0 Å². The van der Waals surface area contributed by atoms with Gasteiger partial charge in [-0.3, -0.25) is 0 Å². The molecule has 5 heteroatoms. The van der Waals surface area contributed by atoms with Crippen molar-refractivity contribution in [1.29, 1.82) is 0 Å². The molecule has 0 bridgehead atoms. The number of hydrogen-bond donors (Lipinski definition) is 0. The predicted octanol–water partition coefficient (Wildman–Crippen LogP) is 14.3. The van der Waals surface area contributed by atoms with Gasteiger partial charge in [-0.2, -0.15) is 0 Å². The van der Waals surface area contributed by atoms with E-state index in [0.717, 1.165) is 55.9 Å². The molecule has 4 nitrogen and oxygen atoms in total. The van der Waals surface area contributed by atoms with E-state index in [4.69, 9.17) is 15.0 Å².